The van der Waals surface area contributed by atoms with E-state index in [2.05, 4.69) is 37.2 Å². The number of benzene rings is 1. The van der Waals surface area contributed by atoms with Crippen LogP contribution in [0.15, 0.2) is 24.3 Å². The number of rotatable bonds is 46. The highest BCUT2D eigenvalue weighted by molar-refractivity contribution is 6.00. The predicted octanol–water partition coefficient (Wildman–Crippen LogP) is -9.22. The molecule has 1 aromatic carbocycles. The molecule has 95 heavy (non-hydrogen) atoms. The molecule has 0 saturated heterocycles. The smallest absolute Gasteiger partial charge is 0.326 e. The molecule has 0 fully saturated rings. The molecule has 38 nitrogen and oxygen atoms in total. The van der Waals surface area contributed by atoms with E-state index in [9.17, 15) is 107 Å². The largest absolute Gasteiger partial charge is 0.508 e. The van der Waals surface area contributed by atoms with Crippen LogP contribution in [-0.4, -0.2) is 224 Å². The van der Waals surface area contributed by atoms with Crippen molar-refractivity contribution >= 4 is 94.6 Å². The Morgan fingerprint density at radius 2 is 0.916 bits per heavy atom. The average Bonchev–Trinajstić information content (AvgIpc) is 1.01. The number of aromatic hydroxyl groups is 1. The first-order chi connectivity index (χ1) is 44.5. The molecule has 0 aromatic heterocycles. The molecule has 0 unspecified atom stereocenters. The van der Waals surface area contributed by atoms with Crippen molar-refractivity contribution in [2.75, 3.05) is 26.3 Å². The van der Waals surface area contributed by atoms with Crippen LogP contribution in [0, 0.1) is 11.8 Å². The van der Waals surface area contributed by atoms with Crippen LogP contribution in [0.2, 0.25) is 0 Å². The number of hydrogen-bond donors (Lipinski definition) is 22. The Morgan fingerprint density at radius 3 is 1.37 bits per heavy atom. The van der Waals surface area contributed by atoms with Gasteiger partial charge in [0.15, 0.2) is 0 Å². The number of carbonyl (C=O) groups excluding carboxylic acids is 14. The third-order valence-corrected chi connectivity index (χ3v) is 14.3. The maximum Gasteiger partial charge on any atom is 0.326 e. The molecule has 0 radical (unpaired) electrons. The van der Waals surface area contributed by atoms with E-state index in [0.29, 0.717) is 24.8 Å². The van der Waals surface area contributed by atoms with Gasteiger partial charge in [0.1, 0.15) is 66.2 Å². The van der Waals surface area contributed by atoms with Crippen molar-refractivity contribution in [3.8, 4) is 5.75 Å². The number of carboxylic acid groups (broad SMARTS) is 2. The molecule has 0 aliphatic heterocycles. The molecule has 0 bridgehead atoms. The first kappa shape index (κ1) is 83.4. The van der Waals surface area contributed by atoms with Gasteiger partial charge < -0.3 is 118 Å². The van der Waals surface area contributed by atoms with Crippen molar-refractivity contribution in [1.82, 2.24) is 58.5 Å². The van der Waals surface area contributed by atoms with E-state index < -0.39 is 225 Å². The number of phenolic OH excluding ortho intramolecular Hbond substituents is 1. The second-order valence-corrected chi connectivity index (χ2v) is 22.7. The number of carboxylic acids is 2. The highest BCUT2D eigenvalue weighted by atomic mass is 16.4. The number of phenols is 1. The second-order valence-electron chi connectivity index (χ2n) is 22.7. The summed E-state index contributed by atoms with van der Waals surface area (Å²) in [5, 5.41) is 84.3. The Hall–Kier alpha value is -9.66. The lowest BCUT2D eigenvalue weighted by Crippen LogP contribution is -2.63. The highest BCUT2D eigenvalue weighted by Crippen LogP contribution is 2.14. The highest BCUT2D eigenvalue weighted by Gasteiger charge is 2.38. The van der Waals surface area contributed by atoms with Gasteiger partial charge in [-0.25, -0.2) is 4.79 Å². The third kappa shape index (κ3) is 31.7. The fraction of sp³-hybridized carbons (Fsp3) is 0.614. The average molecular weight is 1350 g/mol. The first-order valence-electron chi connectivity index (χ1n) is 30.2. The Kier molecular flexibility index (Phi) is 37.3. The lowest BCUT2D eigenvalue weighted by Gasteiger charge is -2.28. The molecular weight excluding hydrogens is 1260 g/mol. The van der Waals surface area contributed by atoms with Crippen LogP contribution < -0.4 is 87.2 Å². The standard InChI is InChI=1S/C57H92N16O22/c1-6-27(4)45(62)55(92)70-35(20-29-10-12-30(77)13-11-29)47(84)63-23-43(81)64-36(21-42(61)80)51(88)65-31(14-16-40(59)78)49(86)69-37(22-44(82)83)52(89)73-46(28(5)76)56(93)72-39(25-75)54(91)71-38(24-74)53(90)66-32(15-17-41(60)79)48(85)68-34(19-26(2)3)50(87)67-33(57(94)95)9-7-8-18-58/h10-13,26-28,31-39,45-46,74-77H,6-9,14-25,58,62H2,1-5H3,(H2,59,78)(H2,60,79)(H2,61,80)(H,63,84)(H,64,81)(H,65,88)(H,66,90)(H,67,87)(H,68,85)(H,69,86)(H,70,92)(H,71,91)(H,72,93)(H,73,89)(H,82,83)(H,94,95)/t27-,28+,31-,32-,33-,34-,35-,36-,37-,38-,39-,45-,46-/m0/s1. The monoisotopic (exact) mass is 1350 g/mol. The minimum Gasteiger partial charge on any atom is -0.508 e. The minimum atomic E-state index is -2.23. The van der Waals surface area contributed by atoms with Crippen molar-refractivity contribution in [3.63, 3.8) is 0 Å². The molecule has 0 aliphatic carbocycles. The van der Waals surface area contributed by atoms with Crippen molar-refractivity contribution in [2.24, 2.45) is 40.5 Å². The van der Waals surface area contributed by atoms with Gasteiger partial charge in [-0.15, -0.1) is 0 Å². The Morgan fingerprint density at radius 1 is 0.484 bits per heavy atom. The summed E-state index contributed by atoms with van der Waals surface area (Å²) < 4.78 is 0. The molecule has 0 heterocycles. The molecule has 38 heteroatoms. The number of aliphatic hydroxyl groups excluding tert-OH is 3. The van der Waals surface area contributed by atoms with E-state index in [1.54, 1.807) is 27.7 Å². The van der Waals surface area contributed by atoms with Crippen molar-refractivity contribution in [3.05, 3.63) is 29.8 Å². The van der Waals surface area contributed by atoms with Crippen molar-refractivity contribution in [2.45, 2.75) is 184 Å². The summed E-state index contributed by atoms with van der Waals surface area (Å²) in [6.07, 6.45) is -5.57. The van der Waals surface area contributed by atoms with Gasteiger partial charge in [0.2, 0.25) is 82.7 Å². The zero-order valence-corrected chi connectivity index (χ0v) is 53.3. The first-order valence-corrected chi connectivity index (χ1v) is 30.2. The number of nitrogens with two attached hydrogens (primary N) is 5. The van der Waals surface area contributed by atoms with E-state index >= 15 is 0 Å². The minimum absolute atomic E-state index is 0.00188. The van der Waals surface area contributed by atoms with Crippen LogP contribution in [-0.2, 0) is 83.1 Å². The van der Waals surface area contributed by atoms with Crippen LogP contribution in [0.1, 0.15) is 111 Å². The van der Waals surface area contributed by atoms with Crippen LogP contribution in [0.4, 0.5) is 0 Å². The van der Waals surface area contributed by atoms with E-state index in [4.69, 9.17) is 28.7 Å². The quantitative estimate of drug-likeness (QED) is 0.0270. The fourth-order valence-electron chi connectivity index (χ4n) is 8.69. The van der Waals surface area contributed by atoms with Gasteiger partial charge >= 0.3 is 11.9 Å². The SMILES string of the molecule is CC[C@H](C)[C@H](N)C(=O)N[C@@H](Cc1ccc(O)cc1)C(=O)NCC(=O)N[C@@H](CC(N)=O)C(=O)N[C@@H](CCC(N)=O)C(=O)N[C@@H](CC(=O)O)C(=O)N[C@H](C(=O)N[C@@H](CO)C(=O)N[C@@H](CO)C(=O)N[C@@H](CCC(N)=O)C(=O)N[C@@H](CC(C)C)C(=O)N[C@@H](CCCCN)C(=O)O)[C@@H](C)O. The molecule has 532 valence electrons. The van der Waals surface area contributed by atoms with Crippen LogP contribution in [0.5, 0.6) is 5.75 Å². The number of carbonyl (C=O) groups is 16. The van der Waals surface area contributed by atoms with Gasteiger partial charge in [-0.1, -0.05) is 46.2 Å². The second kappa shape index (κ2) is 42.5. The van der Waals surface area contributed by atoms with Crippen LogP contribution >= 0.6 is 0 Å². The molecule has 0 saturated carbocycles. The number of hydrogen-bond acceptors (Lipinski definition) is 22. The summed E-state index contributed by atoms with van der Waals surface area (Å²) in [5.41, 5.74) is 28.0. The topological polar surface area (TPSA) is 657 Å². The summed E-state index contributed by atoms with van der Waals surface area (Å²) >= 11 is 0. The Bertz CT molecular complexity index is 2850. The molecule has 13 atom stereocenters. The molecule has 1 aromatic rings. The lowest BCUT2D eigenvalue weighted by atomic mass is 9.98. The Balaban J connectivity index is 3.38. The van der Waals surface area contributed by atoms with Gasteiger partial charge in [0.05, 0.1) is 44.7 Å². The number of unbranched alkanes of at least 4 members (excludes halogenated alkanes) is 1. The van der Waals surface area contributed by atoms with Gasteiger partial charge in [0, 0.05) is 19.3 Å². The van der Waals surface area contributed by atoms with Crippen LogP contribution in [0.3, 0.4) is 0 Å². The van der Waals surface area contributed by atoms with Gasteiger partial charge in [-0.2, -0.15) is 0 Å². The summed E-state index contributed by atoms with van der Waals surface area (Å²) in [4.78, 5) is 209. The number of primary amides is 3. The van der Waals surface area contributed by atoms with Crippen molar-refractivity contribution in [1.29, 1.82) is 0 Å². The van der Waals surface area contributed by atoms with E-state index in [1.807, 2.05) is 21.3 Å². The molecule has 0 spiro atoms. The normalized spacial score (nSPS) is 15.1. The van der Waals surface area contributed by atoms with Gasteiger partial charge in [0.25, 0.3) is 0 Å². The maximum atomic E-state index is 13.9. The molecule has 27 N–H and O–H groups in total. The number of nitrogens with one attached hydrogen (secondary N) is 11. The predicted molar refractivity (Wildman–Crippen MR) is 330 cm³/mol. The molecule has 0 aliphatic rings. The summed E-state index contributed by atoms with van der Waals surface area (Å²) in [6, 6.07) is -13.7. The summed E-state index contributed by atoms with van der Waals surface area (Å²) in [6.45, 7) is 4.59. The zero-order valence-electron chi connectivity index (χ0n) is 53.3. The van der Waals surface area contributed by atoms with Gasteiger partial charge in [-0.3, -0.25) is 71.9 Å². The zero-order chi connectivity index (χ0) is 72.4. The lowest BCUT2D eigenvalue weighted by molar-refractivity contribution is -0.143. The Labute approximate surface area is 545 Å². The molecule has 14 amide bonds. The number of aliphatic carboxylic acids is 2. The molecular formula is C57H92N16O22. The number of amides is 14. The van der Waals surface area contributed by atoms with Crippen LogP contribution in [0.25, 0.3) is 0 Å². The van der Waals surface area contributed by atoms with Crippen molar-refractivity contribution < 1.29 is 107 Å². The fourth-order valence-corrected chi connectivity index (χ4v) is 8.69. The van der Waals surface area contributed by atoms with E-state index in [0.717, 1.165) is 6.92 Å². The van der Waals surface area contributed by atoms with E-state index in [-0.39, 0.29) is 43.4 Å². The maximum absolute atomic E-state index is 13.9. The summed E-state index contributed by atoms with van der Waals surface area (Å²) in [5.74, 6) is -20.4. The van der Waals surface area contributed by atoms with E-state index in [1.165, 1.54) is 24.3 Å². The number of aliphatic hydroxyl groups is 3. The third-order valence-electron chi connectivity index (χ3n) is 14.3. The van der Waals surface area contributed by atoms with Gasteiger partial charge in [-0.05, 0) is 81.5 Å². The molecule has 1 rings (SSSR count). The summed E-state index contributed by atoms with van der Waals surface area (Å²) in [7, 11) is 0.